The zero-order valence-electron chi connectivity index (χ0n) is 17.5. The summed E-state index contributed by atoms with van der Waals surface area (Å²) in [6.07, 6.45) is 0.967. The third-order valence-electron chi connectivity index (χ3n) is 4.65. The van der Waals surface area contributed by atoms with Crippen molar-refractivity contribution >= 4 is 22.9 Å². The second-order valence-electron chi connectivity index (χ2n) is 8.21. The average Bonchev–Trinajstić information content (AvgIpc) is 3.33. The lowest BCUT2D eigenvalue weighted by Gasteiger charge is -2.19. The zero-order chi connectivity index (χ0) is 20.9. The van der Waals surface area contributed by atoms with E-state index in [1.165, 1.54) is 5.56 Å². The number of amides is 1. The highest BCUT2D eigenvalue weighted by molar-refractivity contribution is 7.13. The van der Waals surface area contributed by atoms with E-state index in [0.717, 1.165) is 28.4 Å². The Morgan fingerprint density at radius 1 is 1.17 bits per heavy atom. The topological polar surface area (TPSA) is 72.5 Å². The van der Waals surface area contributed by atoms with Gasteiger partial charge in [0, 0.05) is 5.69 Å². The molecule has 0 spiro atoms. The van der Waals surface area contributed by atoms with E-state index < -0.39 is 0 Å². The molecule has 29 heavy (non-hydrogen) atoms. The van der Waals surface area contributed by atoms with Crippen LogP contribution >= 0.6 is 11.3 Å². The molecule has 1 unspecified atom stereocenters. The summed E-state index contributed by atoms with van der Waals surface area (Å²) < 4.78 is 5.79. The molecule has 0 saturated heterocycles. The molecule has 2 N–H and O–H groups in total. The summed E-state index contributed by atoms with van der Waals surface area (Å²) in [5.74, 6) is 1.07. The summed E-state index contributed by atoms with van der Waals surface area (Å²) in [7, 11) is 0. The van der Waals surface area contributed by atoms with Gasteiger partial charge < -0.3 is 14.6 Å². The number of quaternary nitrogens is 1. The zero-order valence-corrected chi connectivity index (χ0v) is 18.3. The van der Waals surface area contributed by atoms with Crippen LogP contribution in [0.4, 0.5) is 5.69 Å². The van der Waals surface area contributed by atoms with E-state index in [9.17, 15) is 4.79 Å². The Morgan fingerprint density at radius 3 is 2.55 bits per heavy atom. The van der Waals surface area contributed by atoms with Crippen molar-refractivity contribution in [2.75, 3.05) is 18.4 Å². The highest BCUT2D eigenvalue weighted by Gasteiger charge is 2.19. The van der Waals surface area contributed by atoms with Crippen LogP contribution in [0.1, 0.15) is 45.6 Å². The molecular formula is C22H29N4O2S+. The smallest absolute Gasteiger partial charge is 0.279 e. The first kappa shape index (κ1) is 21.2. The predicted octanol–water partition coefficient (Wildman–Crippen LogP) is 3.53. The van der Waals surface area contributed by atoms with Gasteiger partial charge in [-0.1, -0.05) is 45.9 Å². The fourth-order valence-electron chi connectivity index (χ4n) is 3.12. The van der Waals surface area contributed by atoms with Gasteiger partial charge in [0.05, 0.1) is 11.4 Å². The molecular weight excluding hydrogens is 384 g/mol. The van der Waals surface area contributed by atoms with Crippen molar-refractivity contribution in [1.82, 2.24) is 10.2 Å². The molecule has 2 aromatic heterocycles. The van der Waals surface area contributed by atoms with E-state index in [4.69, 9.17) is 4.42 Å². The largest absolute Gasteiger partial charge is 0.414 e. The number of nitrogens with zero attached hydrogens (tertiary/aromatic N) is 2. The molecule has 2 heterocycles. The molecule has 0 aliphatic heterocycles. The van der Waals surface area contributed by atoms with Gasteiger partial charge in [-0.05, 0) is 41.0 Å². The molecule has 0 aliphatic rings. The lowest BCUT2D eigenvalue weighted by atomic mass is 9.87. The van der Waals surface area contributed by atoms with E-state index in [-0.39, 0.29) is 11.3 Å². The lowest BCUT2D eigenvalue weighted by Crippen LogP contribution is -3.11. The number of aromatic nitrogens is 2. The Balaban J connectivity index is 1.59. The third kappa shape index (κ3) is 5.98. The van der Waals surface area contributed by atoms with Crippen molar-refractivity contribution in [3.05, 3.63) is 53.2 Å². The van der Waals surface area contributed by atoms with Crippen molar-refractivity contribution in [3.8, 4) is 10.8 Å². The number of thiophene rings is 1. The Hall–Kier alpha value is -2.51. The van der Waals surface area contributed by atoms with Gasteiger partial charge in [-0.15, -0.1) is 21.5 Å². The van der Waals surface area contributed by atoms with Gasteiger partial charge in [-0.2, -0.15) is 0 Å². The third-order valence-corrected chi connectivity index (χ3v) is 5.51. The van der Waals surface area contributed by atoms with Crippen LogP contribution in [-0.2, 0) is 16.8 Å². The summed E-state index contributed by atoms with van der Waals surface area (Å²) in [5.41, 5.74) is 2.15. The minimum Gasteiger partial charge on any atom is -0.414 e. The van der Waals surface area contributed by atoms with Crippen LogP contribution in [0.15, 0.2) is 46.2 Å². The number of benzene rings is 1. The van der Waals surface area contributed by atoms with Crippen LogP contribution in [-0.4, -0.2) is 29.2 Å². The van der Waals surface area contributed by atoms with Crippen LogP contribution in [0.5, 0.6) is 0 Å². The SMILES string of the molecule is CCC[NH+](CC(=O)Nc1ccc(C(C)(C)C)cc1)Cc1nnc(-c2cccs2)o1. The second kappa shape index (κ2) is 9.33. The van der Waals surface area contributed by atoms with E-state index in [1.54, 1.807) is 11.3 Å². The summed E-state index contributed by atoms with van der Waals surface area (Å²) >= 11 is 1.57. The van der Waals surface area contributed by atoms with Crippen LogP contribution in [0.3, 0.4) is 0 Å². The number of carbonyl (C=O) groups is 1. The Kier molecular flexibility index (Phi) is 6.82. The molecule has 3 rings (SSSR count). The van der Waals surface area contributed by atoms with Gasteiger partial charge in [-0.3, -0.25) is 4.79 Å². The highest BCUT2D eigenvalue weighted by atomic mass is 32.1. The Bertz CT molecular complexity index is 911. The Morgan fingerprint density at radius 2 is 1.93 bits per heavy atom. The van der Waals surface area contributed by atoms with Crippen molar-refractivity contribution in [3.63, 3.8) is 0 Å². The Labute approximate surface area is 176 Å². The monoisotopic (exact) mass is 413 g/mol. The summed E-state index contributed by atoms with van der Waals surface area (Å²) in [4.78, 5) is 14.6. The first-order valence-corrected chi connectivity index (χ1v) is 10.8. The van der Waals surface area contributed by atoms with E-state index in [2.05, 4.69) is 55.3 Å². The fraction of sp³-hybridized carbons (Fsp3) is 0.409. The summed E-state index contributed by atoms with van der Waals surface area (Å²) in [6.45, 7) is 10.4. The van der Waals surface area contributed by atoms with Gasteiger partial charge in [0.15, 0.2) is 13.1 Å². The number of rotatable bonds is 8. The molecule has 1 aromatic carbocycles. The number of hydrogen-bond donors (Lipinski definition) is 2. The molecule has 0 bridgehead atoms. The molecule has 6 nitrogen and oxygen atoms in total. The maximum atomic E-state index is 12.6. The number of nitrogens with one attached hydrogen (secondary N) is 2. The minimum absolute atomic E-state index is 0.0186. The molecule has 0 saturated carbocycles. The molecule has 7 heteroatoms. The molecule has 0 fully saturated rings. The average molecular weight is 414 g/mol. The first-order chi connectivity index (χ1) is 13.8. The van der Waals surface area contributed by atoms with Gasteiger partial charge in [-0.25, -0.2) is 0 Å². The first-order valence-electron chi connectivity index (χ1n) is 9.95. The van der Waals surface area contributed by atoms with E-state index >= 15 is 0 Å². The van der Waals surface area contributed by atoms with Crippen molar-refractivity contribution < 1.29 is 14.1 Å². The second-order valence-corrected chi connectivity index (χ2v) is 9.16. The van der Waals surface area contributed by atoms with Crippen LogP contribution in [0.25, 0.3) is 10.8 Å². The number of anilines is 1. The van der Waals surface area contributed by atoms with Crippen LogP contribution in [0, 0.1) is 0 Å². The van der Waals surface area contributed by atoms with Crippen LogP contribution < -0.4 is 10.2 Å². The summed E-state index contributed by atoms with van der Waals surface area (Å²) in [5, 5.41) is 13.3. The maximum Gasteiger partial charge on any atom is 0.279 e. The highest BCUT2D eigenvalue weighted by Crippen LogP contribution is 2.24. The van der Waals surface area contributed by atoms with Gasteiger partial charge in [0.25, 0.3) is 17.7 Å². The van der Waals surface area contributed by atoms with E-state index in [0.29, 0.717) is 24.9 Å². The standard InChI is InChI=1S/C22H28N4O2S/c1-5-12-26(15-20-24-25-21(28-20)18-7-6-13-29-18)14-19(27)23-17-10-8-16(9-11-17)22(2,3)4/h6-11,13H,5,12,14-15H2,1-4H3,(H,23,27)/p+1. The van der Waals surface area contributed by atoms with E-state index in [1.807, 2.05) is 29.6 Å². The normalized spacial score (nSPS) is 12.7. The molecule has 0 aliphatic carbocycles. The quantitative estimate of drug-likeness (QED) is 0.593. The van der Waals surface area contributed by atoms with Crippen molar-refractivity contribution in [2.24, 2.45) is 0 Å². The van der Waals surface area contributed by atoms with Crippen molar-refractivity contribution in [2.45, 2.75) is 46.1 Å². The number of hydrogen-bond acceptors (Lipinski definition) is 5. The molecule has 154 valence electrons. The fourth-order valence-corrected chi connectivity index (χ4v) is 3.76. The number of carbonyl (C=O) groups excluding carboxylic acids is 1. The summed E-state index contributed by atoms with van der Waals surface area (Å²) in [6, 6.07) is 12.0. The molecule has 1 amide bonds. The molecule has 1 atom stereocenters. The molecule has 0 radical (unpaired) electrons. The van der Waals surface area contributed by atoms with Crippen LogP contribution in [0.2, 0.25) is 0 Å². The lowest BCUT2D eigenvalue weighted by molar-refractivity contribution is -0.907. The van der Waals surface area contributed by atoms with Gasteiger partial charge in [0.1, 0.15) is 0 Å². The van der Waals surface area contributed by atoms with Gasteiger partial charge in [0.2, 0.25) is 0 Å². The minimum atomic E-state index is -0.0186. The maximum absolute atomic E-state index is 12.6. The van der Waals surface area contributed by atoms with Gasteiger partial charge >= 0.3 is 0 Å². The van der Waals surface area contributed by atoms with Crippen molar-refractivity contribution in [1.29, 1.82) is 0 Å². The molecule has 3 aromatic rings. The predicted molar refractivity (Wildman–Crippen MR) is 116 cm³/mol.